The van der Waals surface area contributed by atoms with Gasteiger partial charge in [0.1, 0.15) is 0 Å². The second kappa shape index (κ2) is 2.83. The minimum atomic E-state index is -3.02. The van der Waals surface area contributed by atoms with Crippen LogP contribution in [0.4, 0.5) is 0 Å². The van der Waals surface area contributed by atoms with Gasteiger partial charge in [0.25, 0.3) is 0 Å². The molecule has 0 aromatic heterocycles. The zero-order valence-electron chi connectivity index (χ0n) is 6.45. The first-order valence-electron chi connectivity index (χ1n) is 3.40. The summed E-state index contributed by atoms with van der Waals surface area (Å²) in [6.07, 6.45) is 3.60. The highest BCUT2D eigenvalue weighted by atomic mass is 32.2. The smallest absolute Gasteiger partial charge is 0.211 e. The number of nitrogens with zero attached hydrogens (tertiary/aromatic N) is 1. The molecule has 1 rings (SSSR count). The number of nitrogens with two attached hydrogens (primary N) is 1. The zero-order valence-corrected chi connectivity index (χ0v) is 7.26. The molecular formula is C6H12N2O2S. The summed E-state index contributed by atoms with van der Waals surface area (Å²) in [5.74, 6) is 0. The highest BCUT2D eigenvalue weighted by Crippen LogP contribution is 2.08. The molecule has 1 aliphatic rings. The Hall–Kier alpha value is -0.550. The molecule has 0 amide bonds. The van der Waals surface area contributed by atoms with Gasteiger partial charge in [-0.05, 0) is 0 Å². The molecule has 0 aromatic carbocycles. The second-order valence-corrected chi connectivity index (χ2v) is 4.63. The van der Waals surface area contributed by atoms with Gasteiger partial charge in [-0.3, -0.25) is 0 Å². The molecule has 0 fully saturated rings. The SMILES string of the molecule is CS(=O)(=O)N1CC=C(N)CC1. The van der Waals surface area contributed by atoms with E-state index in [1.54, 1.807) is 6.08 Å². The maximum Gasteiger partial charge on any atom is 0.211 e. The summed E-state index contributed by atoms with van der Waals surface area (Å²) in [5.41, 5.74) is 6.26. The molecular weight excluding hydrogens is 164 g/mol. The van der Waals surface area contributed by atoms with E-state index < -0.39 is 10.0 Å². The van der Waals surface area contributed by atoms with E-state index in [-0.39, 0.29) is 0 Å². The van der Waals surface area contributed by atoms with Crippen LogP contribution in [0, 0.1) is 0 Å². The van der Waals surface area contributed by atoms with Gasteiger partial charge in [0.05, 0.1) is 6.26 Å². The molecule has 11 heavy (non-hydrogen) atoms. The Labute approximate surface area is 66.7 Å². The van der Waals surface area contributed by atoms with Gasteiger partial charge in [0.15, 0.2) is 0 Å². The predicted octanol–water partition coefficient (Wildman–Crippen LogP) is -0.506. The lowest BCUT2D eigenvalue weighted by Gasteiger charge is -2.22. The lowest BCUT2D eigenvalue weighted by atomic mass is 10.2. The molecule has 0 saturated heterocycles. The van der Waals surface area contributed by atoms with Crippen LogP contribution in [0.3, 0.4) is 0 Å². The highest BCUT2D eigenvalue weighted by Gasteiger charge is 2.17. The van der Waals surface area contributed by atoms with Crippen LogP contribution >= 0.6 is 0 Å². The van der Waals surface area contributed by atoms with Crippen molar-refractivity contribution in [2.75, 3.05) is 19.3 Å². The van der Waals surface area contributed by atoms with Crippen molar-refractivity contribution in [2.45, 2.75) is 6.42 Å². The highest BCUT2D eigenvalue weighted by molar-refractivity contribution is 7.88. The van der Waals surface area contributed by atoms with Crippen molar-refractivity contribution in [3.05, 3.63) is 11.8 Å². The predicted molar refractivity (Wildman–Crippen MR) is 43.3 cm³/mol. The third-order valence-electron chi connectivity index (χ3n) is 1.68. The average molecular weight is 176 g/mol. The summed E-state index contributed by atoms with van der Waals surface area (Å²) in [7, 11) is -3.02. The fourth-order valence-electron chi connectivity index (χ4n) is 0.967. The molecule has 0 radical (unpaired) electrons. The van der Waals surface area contributed by atoms with Crippen molar-refractivity contribution in [3.63, 3.8) is 0 Å². The molecule has 64 valence electrons. The third kappa shape index (κ3) is 2.20. The van der Waals surface area contributed by atoms with Gasteiger partial charge in [-0.1, -0.05) is 6.08 Å². The maximum absolute atomic E-state index is 10.9. The van der Waals surface area contributed by atoms with Gasteiger partial charge in [-0.2, -0.15) is 4.31 Å². The zero-order chi connectivity index (χ0) is 8.48. The van der Waals surface area contributed by atoms with E-state index in [2.05, 4.69) is 0 Å². The monoisotopic (exact) mass is 176 g/mol. The summed E-state index contributed by atoms with van der Waals surface area (Å²) in [6.45, 7) is 0.936. The first-order chi connectivity index (χ1) is 5.00. The van der Waals surface area contributed by atoms with Crippen molar-refractivity contribution >= 4 is 10.0 Å². The average Bonchev–Trinajstić information content (AvgIpc) is 1.86. The lowest BCUT2D eigenvalue weighted by Crippen LogP contribution is -2.34. The van der Waals surface area contributed by atoms with Crippen LogP contribution < -0.4 is 5.73 Å². The third-order valence-corrected chi connectivity index (χ3v) is 2.95. The van der Waals surface area contributed by atoms with Gasteiger partial charge >= 0.3 is 0 Å². The van der Waals surface area contributed by atoms with Crippen LogP contribution in [0.15, 0.2) is 11.8 Å². The summed E-state index contributed by atoms with van der Waals surface area (Å²) >= 11 is 0. The number of hydrogen-bond acceptors (Lipinski definition) is 3. The Morgan fingerprint density at radius 2 is 2.27 bits per heavy atom. The molecule has 2 N–H and O–H groups in total. The topological polar surface area (TPSA) is 63.4 Å². The van der Waals surface area contributed by atoms with E-state index in [4.69, 9.17) is 5.73 Å². The molecule has 1 heterocycles. The summed E-state index contributed by atoms with van der Waals surface area (Å²) < 4.78 is 23.3. The number of sulfonamides is 1. The van der Waals surface area contributed by atoms with Gasteiger partial charge in [-0.25, -0.2) is 8.42 Å². The summed E-state index contributed by atoms with van der Waals surface area (Å²) in [5, 5.41) is 0. The summed E-state index contributed by atoms with van der Waals surface area (Å²) in [4.78, 5) is 0. The molecule has 0 saturated carbocycles. The van der Waals surface area contributed by atoms with Crippen molar-refractivity contribution in [2.24, 2.45) is 5.73 Å². The van der Waals surface area contributed by atoms with Crippen molar-refractivity contribution in [3.8, 4) is 0 Å². The molecule has 1 aliphatic heterocycles. The van der Waals surface area contributed by atoms with Crippen molar-refractivity contribution in [1.29, 1.82) is 0 Å². The first kappa shape index (κ1) is 8.55. The fraction of sp³-hybridized carbons (Fsp3) is 0.667. The Bertz CT molecular complexity index is 268. The van der Waals surface area contributed by atoms with Crippen molar-refractivity contribution in [1.82, 2.24) is 4.31 Å². The van der Waals surface area contributed by atoms with E-state index in [9.17, 15) is 8.42 Å². The largest absolute Gasteiger partial charge is 0.402 e. The van der Waals surface area contributed by atoms with Crippen LogP contribution in [0.1, 0.15) is 6.42 Å². The quantitative estimate of drug-likeness (QED) is 0.585. The van der Waals surface area contributed by atoms with Crippen LogP contribution in [-0.4, -0.2) is 32.1 Å². The van der Waals surface area contributed by atoms with E-state index in [1.165, 1.54) is 10.6 Å². The number of rotatable bonds is 1. The van der Waals surface area contributed by atoms with Crippen LogP contribution in [0.25, 0.3) is 0 Å². The normalized spacial score (nSPS) is 21.4. The van der Waals surface area contributed by atoms with Crippen LogP contribution in [-0.2, 0) is 10.0 Å². The molecule has 4 nitrogen and oxygen atoms in total. The molecule has 0 aliphatic carbocycles. The van der Waals surface area contributed by atoms with Gasteiger partial charge in [-0.15, -0.1) is 0 Å². The lowest BCUT2D eigenvalue weighted by molar-refractivity contribution is 0.434. The molecule has 0 aromatic rings. The standard InChI is InChI=1S/C6H12N2O2S/c1-11(9,10)8-4-2-6(7)3-5-8/h2H,3-5,7H2,1H3. The number of hydrogen-bond donors (Lipinski definition) is 1. The maximum atomic E-state index is 10.9. The minimum Gasteiger partial charge on any atom is -0.402 e. The van der Waals surface area contributed by atoms with Crippen LogP contribution in [0.5, 0.6) is 0 Å². The van der Waals surface area contributed by atoms with E-state index in [0.717, 1.165) is 5.70 Å². The Morgan fingerprint density at radius 1 is 1.64 bits per heavy atom. The van der Waals surface area contributed by atoms with E-state index >= 15 is 0 Å². The second-order valence-electron chi connectivity index (χ2n) is 2.65. The Balaban J connectivity index is 2.69. The fourth-order valence-corrected chi connectivity index (χ4v) is 1.74. The minimum absolute atomic E-state index is 0.421. The van der Waals surface area contributed by atoms with E-state index in [1.807, 2.05) is 0 Å². The molecule has 0 bridgehead atoms. The Kier molecular flexibility index (Phi) is 2.20. The first-order valence-corrected chi connectivity index (χ1v) is 5.24. The van der Waals surface area contributed by atoms with Gasteiger partial charge < -0.3 is 5.73 Å². The molecule has 0 spiro atoms. The van der Waals surface area contributed by atoms with Crippen LogP contribution in [0.2, 0.25) is 0 Å². The van der Waals surface area contributed by atoms with Crippen molar-refractivity contribution < 1.29 is 8.42 Å². The Morgan fingerprint density at radius 3 is 2.64 bits per heavy atom. The van der Waals surface area contributed by atoms with Gasteiger partial charge in [0.2, 0.25) is 10.0 Å². The molecule has 5 heteroatoms. The summed E-state index contributed by atoms with van der Waals surface area (Å²) in [6, 6.07) is 0. The molecule has 0 unspecified atom stereocenters. The molecule has 0 atom stereocenters. The van der Waals surface area contributed by atoms with Gasteiger partial charge in [0, 0.05) is 25.2 Å². The van der Waals surface area contributed by atoms with E-state index in [0.29, 0.717) is 19.5 Å².